The number of hydrogen-bond acceptors (Lipinski definition) is 3. The molecular weight excluding hydrogens is 224 g/mol. The van der Waals surface area contributed by atoms with Gasteiger partial charge in [0.2, 0.25) is 0 Å². The van der Waals surface area contributed by atoms with Gasteiger partial charge in [0, 0.05) is 18.1 Å². The third-order valence-electron chi connectivity index (χ3n) is 3.00. The molecule has 0 aromatic carbocycles. The molecule has 0 aliphatic heterocycles. The number of nitrogens with zero attached hydrogens (tertiary/aromatic N) is 1. The lowest BCUT2D eigenvalue weighted by Crippen LogP contribution is -2.49. The van der Waals surface area contributed by atoms with E-state index in [1.54, 1.807) is 0 Å². The van der Waals surface area contributed by atoms with Crippen LogP contribution in [0.25, 0.3) is 0 Å². The molecule has 0 saturated carbocycles. The minimum atomic E-state index is -0.142. The van der Waals surface area contributed by atoms with Crippen LogP contribution in [0.3, 0.4) is 0 Å². The lowest BCUT2D eigenvalue weighted by molar-refractivity contribution is 0.146. The molecule has 0 aliphatic carbocycles. The summed E-state index contributed by atoms with van der Waals surface area (Å²) in [6.45, 7) is 15.6. The second-order valence-corrected chi connectivity index (χ2v) is 7.42. The van der Waals surface area contributed by atoms with Gasteiger partial charge in [-0.25, -0.2) is 0 Å². The van der Waals surface area contributed by atoms with Gasteiger partial charge in [-0.1, -0.05) is 34.6 Å². The fourth-order valence-electron chi connectivity index (χ4n) is 2.52. The maximum atomic E-state index is 9.51. The van der Waals surface area contributed by atoms with E-state index in [2.05, 4.69) is 58.8 Å². The average molecular weight is 258 g/mol. The second kappa shape index (κ2) is 7.46. The summed E-state index contributed by atoms with van der Waals surface area (Å²) in [7, 11) is 2.18. The molecule has 1 unspecified atom stereocenters. The quantitative estimate of drug-likeness (QED) is 0.702. The van der Waals surface area contributed by atoms with Crippen LogP contribution in [0.1, 0.15) is 54.4 Å². The van der Waals surface area contributed by atoms with Gasteiger partial charge in [-0.15, -0.1) is 0 Å². The number of hydrogen-bond donors (Lipinski definition) is 2. The fourth-order valence-corrected chi connectivity index (χ4v) is 2.52. The van der Waals surface area contributed by atoms with E-state index in [1.165, 1.54) is 0 Å². The predicted molar refractivity (Wildman–Crippen MR) is 79.9 cm³/mol. The topological polar surface area (TPSA) is 35.5 Å². The molecule has 18 heavy (non-hydrogen) atoms. The zero-order chi connectivity index (χ0) is 14.4. The van der Waals surface area contributed by atoms with Crippen molar-refractivity contribution in [2.75, 3.05) is 26.7 Å². The first-order valence-electron chi connectivity index (χ1n) is 7.15. The summed E-state index contributed by atoms with van der Waals surface area (Å²) < 4.78 is 0. The summed E-state index contributed by atoms with van der Waals surface area (Å²) in [5, 5.41) is 13.0. The van der Waals surface area contributed by atoms with Gasteiger partial charge in [-0.05, 0) is 38.8 Å². The highest BCUT2D eigenvalue weighted by molar-refractivity contribution is 4.84. The van der Waals surface area contributed by atoms with Crippen LogP contribution in [0.2, 0.25) is 0 Å². The summed E-state index contributed by atoms with van der Waals surface area (Å²) in [4.78, 5) is 2.38. The largest absolute Gasteiger partial charge is 0.394 e. The zero-order valence-corrected chi connectivity index (χ0v) is 13.5. The number of aliphatic hydroxyl groups excluding tert-OH is 1. The molecule has 0 radical (unpaired) electrons. The first kappa shape index (κ1) is 17.9. The first-order valence-corrected chi connectivity index (χ1v) is 7.15. The fraction of sp³-hybridized carbons (Fsp3) is 1.00. The van der Waals surface area contributed by atoms with Gasteiger partial charge in [-0.2, -0.15) is 0 Å². The van der Waals surface area contributed by atoms with Crippen molar-refractivity contribution >= 4 is 0 Å². The molecule has 2 N–H and O–H groups in total. The lowest BCUT2D eigenvalue weighted by atomic mass is 9.94. The molecule has 0 saturated heterocycles. The van der Waals surface area contributed by atoms with E-state index in [4.69, 9.17) is 0 Å². The molecule has 110 valence electrons. The van der Waals surface area contributed by atoms with E-state index in [0.717, 1.165) is 25.9 Å². The van der Waals surface area contributed by atoms with E-state index >= 15 is 0 Å². The Balaban J connectivity index is 4.00. The molecule has 0 fully saturated rings. The molecule has 0 bridgehead atoms. The van der Waals surface area contributed by atoms with E-state index in [1.807, 2.05) is 0 Å². The highest BCUT2D eigenvalue weighted by atomic mass is 16.3. The standard InChI is InChI=1S/C15H34N2O/c1-13(2)16-15(6,12-18)9-8-10-17(7)11-14(3,4)5/h13,16,18H,8-12H2,1-7H3. The van der Waals surface area contributed by atoms with Crippen LogP contribution < -0.4 is 5.32 Å². The number of aliphatic hydroxyl groups is 1. The van der Waals surface area contributed by atoms with Gasteiger partial charge in [0.15, 0.2) is 0 Å². The molecule has 0 amide bonds. The predicted octanol–water partition coefficient (Wildman–Crippen LogP) is 2.49. The van der Waals surface area contributed by atoms with Gasteiger partial charge in [0.1, 0.15) is 0 Å². The molecular formula is C15H34N2O. The molecule has 0 aromatic heterocycles. The Morgan fingerprint density at radius 1 is 1.17 bits per heavy atom. The monoisotopic (exact) mass is 258 g/mol. The molecule has 3 nitrogen and oxygen atoms in total. The minimum absolute atomic E-state index is 0.142. The van der Waals surface area contributed by atoms with E-state index in [0.29, 0.717) is 11.5 Å². The van der Waals surface area contributed by atoms with Crippen LogP contribution >= 0.6 is 0 Å². The van der Waals surface area contributed by atoms with E-state index in [-0.39, 0.29) is 12.1 Å². The molecule has 0 heterocycles. The Bertz CT molecular complexity index is 223. The van der Waals surface area contributed by atoms with Gasteiger partial charge in [-0.3, -0.25) is 0 Å². The highest BCUT2D eigenvalue weighted by Gasteiger charge is 2.23. The van der Waals surface area contributed by atoms with Crippen molar-refractivity contribution in [1.82, 2.24) is 10.2 Å². The summed E-state index contributed by atoms with van der Waals surface area (Å²) in [6, 6.07) is 0.412. The molecule has 0 aromatic rings. The molecule has 3 heteroatoms. The van der Waals surface area contributed by atoms with Crippen molar-refractivity contribution < 1.29 is 5.11 Å². The van der Waals surface area contributed by atoms with E-state index < -0.39 is 0 Å². The van der Waals surface area contributed by atoms with Crippen molar-refractivity contribution in [1.29, 1.82) is 0 Å². The van der Waals surface area contributed by atoms with Crippen molar-refractivity contribution in [2.45, 2.75) is 66.0 Å². The third-order valence-corrected chi connectivity index (χ3v) is 3.00. The van der Waals surface area contributed by atoms with Crippen LogP contribution in [0.15, 0.2) is 0 Å². The smallest absolute Gasteiger partial charge is 0.0610 e. The molecule has 1 atom stereocenters. The normalized spacial score (nSPS) is 16.3. The summed E-state index contributed by atoms with van der Waals surface area (Å²) in [6.07, 6.45) is 2.12. The maximum Gasteiger partial charge on any atom is 0.0610 e. The van der Waals surface area contributed by atoms with Crippen LogP contribution in [0, 0.1) is 5.41 Å². The summed E-state index contributed by atoms with van der Waals surface area (Å²) in [5.41, 5.74) is 0.210. The Hall–Kier alpha value is -0.120. The van der Waals surface area contributed by atoms with Crippen LogP contribution in [-0.4, -0.2) is 48.3 Å². The Kier molecular flexibility index (Phi) is 7.41. The lowest BCUT2D eigenvalue weighted by Gasteiger charge is -2.32. The van der Waals surface area contributed by atoms with Gasteiger partial charge >= 0.3 is 0 Å². The van der Waals surface area contributed by atoms with Gasteiger partial charge in [0.25, 0.3) is 0 Å². The van der Waals surface area contributed by atoms with Crippen molar-refractivity contribution in [3.05, 3.63) is 0 Å². The van der Waals surface area contributed by atoms with E-state index in [9.17, 15) is 5.11 Å². The van der Waals surface area contributed by atoms with Crippen molar-refractivity contribution in [3.63, 3.8) is 0 Å². The first-order chi connectivity index (χ1) is 8.08. The number of nitrogens with one attached hydrogen (secondary N) is 1. The van der Waals surface area contributed by atoms with Crippen LogP contribution in [0.5, 0.6) is 0 Å². The minimum Gasteiger partial charge on any atom is -0.394 e. The van der Waals surface area contributed by atoms with Gasteiger partial charge in [0.05, 0.1) is 6.61 Å². The molecule has 0 aliphatic rings. The second-order valence-electron chi connectivity index (χ2n) is 7.42. The molecule has 0 spiro atoms. The average Bonchev–Trinajstić information content (AvgIpc) is 2.13. The van der Waals surface area contributed by atoms with Crippen molar-refractivity contribution in [3.8, 4) is 0 Å². The van der Waals surface area contributed by atoms with Crippen LogP contribution in [0.4, 0.5) is 0 Å². The number of rotatable bonds is 8. The summed E-state index contributed by atoms with van der Waals surface area (Å²) >= 11 is 0. The Labute approximate surface area is 114 Å². The Morgan fingerprint density at radius 2 is 1.72 bits per heavy atom. The SMILES string of the molecule is CC(C)NC(C)(CO)CCCN(C)CC(C)(C)C. The molecule has 0 rings (SSSR count). The Morgan fingerprint density at radius 3 is 2.11 bits per heavy atom. The third kappa shape index (κ3) is 8.90. The highest BCUT2D eigenvalue weighted by Crippen LogP contribution is 2.16. The zero-order valence-electron chi connectivity index (χ0n) is 13.5. The van der Waals surface area contributed by atoms with Crippen LogP contribution in [-0.2, 0) is 0 Å². The summed E-state index contributed by atoms with van der Waals surface area (Å²) in [5.74, 6) is 0. The van der Waals surface area contributed by atoms with Crippen molar-refractivity contribution in [2.24, 2.45) is 5.41 Å². The maximum absolute atomic E-state index is 9.51. The van der Waals surface area contributed by atoms with Gasteiger partial charge < -0.3 is 15.3 Å².